The number of hydrogen-bond acceptors (Lipinski definition) is 5. The minimum Gasteiger partial charge on any atom is -0.353 e. The molecule has 0 spiro atoms. The Balaban J connectivity index is 1.42. The van der Waals surface area contributed by atoms with Crippen molar-refractivity contribution in [2.75, 3.05) is 0 Å². The van der Waals surface area contributed by atoms with Gasteiger partial charge in [-0.3, -0.25) is 4.79 Å². The lowest BCUT2D eigenvalue weighted by molar-refractivity contribution is -0.121. The summed E-state index contributed by atoms with van der Waals surface area (Å²) in [5.41, 5.74) is 1.41. The Morgan fingerprint density at radius 2 is 2.08 bits per heavy atom. The Morgan fingerprint density at radius 1 is 1.28 bits per heavy atom. The second-order valence-electron chi connectivity index (χ2n) is 6.98. The number of carbonyl (C=O) groups excluding carboxylic acids is 1. The molecule has 5 nitrogen and oxygen atoms in total. The second kappa shape index (κ2) is 8.61. The van der Waals surface area contributed by atoms with Gasteiger partial charge in [0.05, 0.1) is 6.42 Å². The number of aryl methyl sites for hydroxylation is 4. The molecule has 1 amide bonds. The third kappa shape index (κ3) is 5.39. The van der Waals surface area contributed by atoms with Crippen LogP contribution in [0.5, 0.6) is 0 Å². The van der Waals surface area contributed by atoms with Gasteiger partial charge < -0.3 is 9.84 Å². The van der Waals surface area contributed by atoms with Crippen molar-refractivity contribution in [3.8, 4) is 0 Å². The Labute approximate surface area is 153 Å². The summed E-state index contributed by atoms with van der Waals surface area (Å²) in [7, 11) is 0. The van der Waals surface area contributed by atoms with Crippen molar-refractivity contribution in [1.29, 1.82) is 0 Å². The second-order valence-corrected chi connectivity index (χ2v) is 8.44. The van der Waals surface area contributed by atoms with Crippen LogP contribution in [0.1, 0.15) is 65.6 Å². The van der Waals surface area contributed by atoms with E-state index in [0.29, 0.717) is 17.8 Å². The van der Waals surface area contributed by atoms with Crippen LogP contribution in [0.25, 0.3) is 0 Å². The molecule has 136 valence electrons. The topological polar surface area (TPSA) is 68.0 Å². The van der Waals surface area contributed by atoms with Gasteiger partial charge in [0.1, 0.15) is 0 Å². The van der Waals surface area contributed by atoms with Crippen LogP contribution in [-0.4, -0.2) is 22.1 Å². The maximum atomic E-state index is 12.1. The summed E-state index contributed by atoms with van der Waals surface area (Å²) in [6.45, 7) is 4.31. The zero-order valence-electron chi connectivity index (χ0n) is 15.1. The van der Waals surface area contributed by atoms with Crippen LogP contribution in [0.4, 0.5) is 0 Å². The van der Waals surface area contributed by atoms with E-state index in [0.717, 1.165) is 32.1 Å². The van der Waals surface area contributed by atoms with E-state index >= 15 is 0 Å². The van der Waals surface area contributed by atoms with Crippen LogP contribution in [0.2, 0.25) is 0 Å². The van der Waals surface area contributed by atoms with Crippen molar-refractivity contribution in [1.82, 2.24) is 15.5 Å². The molecular formula is C19H27N3O2S. The maximum absolute atomic E-state index is 12.1. The van der Waals surface area contributed by atoms with Crippen LogP contribution in [0.15, 0.2) is 10.6 Å². The van der Waals surface area contributed by atoms with Crippen LogP contribution in [0.3, 0.4) is 0 Å². The summed E-state index contributed by atoms with van der Waals surface area (Å²) in [5, 5.41) is 7.04. The van der Waals surface area contributed by atoms with Gasteiger partial charge >= 0.3 is 0 Å². The van der Waals surface area contributed by atoms with Crippen LogP contribution < -0.4 is 5.32 Å². The maximum Gasteiger partial charge on any atom is 0.228 e. The number of amides is 1. The predicted molar refractivity (Wildman–Crippen MR) is 98.8 cm³/mol. The number of rotatable bonds is 7. The molecule has 0 aromatic carbocycles. The Morgan fingerprint density at radius 3 is 2.80 bits per heavy atom. The first-order valence-corrected chi connectivity index (χ1v) is 10.1. The molecule has 1 fully saturated rings. The quantitative estimate of drug-likeness (QED) is 0.812. The van der Waals surface area contributed by atoms with Crippen molar-refractivity contribution in [3.05, 3.63) is 33.1 Å². The van der Waals surface area contributed by atoms with Crippen molar-refractivity contribution in [2.45, 2.75) is 77.7 Å². The van der Waals surface area contributed by atoms with E-state index < -0.39 is 0 Å². The van der Waals surface area contributed by atoms with Crippen molar-refractivity contribution in [3.63, 3.8) is 0 Å². The molecule has 0 bridgehead atoms. The molecule has 0 unspecified atom stereocenters. The average molecular weight is 362 g/mol. The monoisotopic (exact) mass is 361 g/mol. The van der Waals surface area contributed by atoms with E-state index in [2.05, 4.69) is 35.4 Å². The van der Waals surface area contributed by atoms with Gasteiger partial charge in [-0.15, -0.1) is 11.3 Å². The first-order chi connectivity index (χ1) is 12.1. The first kappa shape index (κ1) is 18.1. The van der Waals surface area contributed by atoms with Gasteiger partial charge in [0, 0.05) is 22.2 Å². The lowest BCUT2D eigenvalue weighted by Gasteiger charge is -2.22. The lowest BCUT2D eigenvalue weighted by Crippen LogP contribution is -2.37. The Hall–Kier alpha value is -1.69. The standard InChI is InChI=1S/C19H27N3O2S/c1-13-11-15(14(2)25-13)7-6-10-19-21-17(22-24-19)12-18(23)20-16-8-4-3-5-9-16/h11,16H,3-10,12H2,1-2H3,(H,20,23). The van der Waals surface area contributed by atoms with Crippen LogP contribution in [0, 0.1) is 13.8 Å². The van der Waals surface area contributed by atoms with E-state index in [1.165, 1.54) is 34.6 Å². The molecule has 1 aliphatic carbocycles. The number of hydrogen-bond donors (Lipinski definition) is 1. The molecule has 25 heavy (non-hydrogen) atoms. The highest BCUT2D eigenvalue weighted by atomic mass is 32.1. The van der Waals surface area contributed by atoms with Gasteiger partial charge in [0.15, 0.2) is 5.82 Å². The number of thiophene rings is 1. The molecule has 0 atom stereocenters. The summed E-state index contributed by atoms with van der Waals surface area (Å²) in [6.07, 6.45) is 8.85. The third-order valence-electron chi connectivity index (χ3n) is 4.78. The molecular weight excluding hydrogens is 334 g/mol. The van der Waals surface area contributed by atoms with Crippen molar-refractivity contribution >= 4 is 17.2 Å². The largest absolute Gasteiger partial charge is 0.353 e. The zero-order chi connectivity index (χ0) is 17.6. The van der Waals surface area contributed by atoms with Gasteiger partial charge in [0.2, 0.25) is 11.8 Å². The van der Waals surface area contributed by atoms with Crippen molar-refractivity contribution < 1.29 is 9.32 Å². The van der Waals surface area contributed by atoms with Gasteiger partial charge in [-0.2, -0.15) is 4.98 Å². The smallest absolute Gasteiger partial charge is 0.228 e. The highest BCUT2D eigenvalue weighted by Crippen LogP contribution is 2.22. The van der Waals surface area contributed by atoms with Crippen LogP contribution >= 0.6 is 11.3 Å². The molecule has 0 saturated heterocycles. The summed E-state index contributed by atoms with van der Waals surface area (Å²) < 4.78 is 5.29. The minimum absolute atomic E-state index is 0.00335. The minimum atomic E-state index is 0.00335. The number of aromatic nitrogens is 2. The third-order valence-corrected chi connectivity index (χ3v) is 5.79. The molecule has 1 aliphatic rings. The SMILES string of the molecule is Cc1cc(CCCc2nc(CC(=O)NC3CCCCC3)no2)c(C)s1. The van der Waals surface area contributed by atoms with E-state index in [1.54, 1.807) is 0 Å². The van der Waals surface area contributed by atoms with E-state index in [9.17, 15) is 4.79 Å². The molecule has 6 heteroatoms. The summed E-state index contributed by atoms with van der Waals surface area (Å²) in [5.74, 6) is 1.12. The molecule has 1 N–H and O–H groups in total. The normalized spacial score (nSPS) is 15.4. The highest BCUT2D eigenvalue weighted by molar-refractivity contribution is 7.12. The van der Waals surface area contributed by atoms with Gasteiger partial charge in [0.25, 0.3) is 0 Å². The number of carbonyl (C=O) groups is 1. The van der Waals surface area contributed by atoms with E-state index in [1.807, 2.05) is 11.3 Å². The lowest BCUT2D eigenvalue weighted by atomic mass is 9.95. The van der Waals surface area contributed by atoms with E-state index in [-0.39, 0.29) is 12.3 Å². The fourth-order valence-electron chi connectivity index (χ4n) is 3.49. The van der Waals surface area contributed by atoms with Gasteiger partial charge in [-0.05, 0) is 51.2 Å². The van der Waals surface area contributed by atoms with Crippen molar-refractivity contribution in [2.24, 2.45) is 0 Å². The molecule has 3 rings (SSSR count). The Bertz CT molecular complexity index is 701. The van der Waals surface area contributed by atoms with Gasteiger partial charge in [-0.25, -0.2) is 0 Å². The summed E-state index contributed by atoms with van der Waals surface area (Å²) in [4.78, 5) is 19.2. The Kier molecular flexibility index (Phi) is 6.24. The van der Waals surface area contributed by atoms with Gasteiger partial charge in [-0.1, -0.05) is 24.4 Å². The first-order valence-electron chi connectivity index (χ1n) is 9.27. The molecule has 0 radical (unpaired) electrons. The fraction of sp³-hybridized carbons (Fsp3) is 0.632. The number of nitrogens with one attached hydrogen (secondary N) is 1. The summed E-state index contributed by atoms with van der Waals surface area (Å²) in [6, 6.07) is 2.58. The zero-order valence-corrected chi connectivity index (χ0v) is 16.0. The average Bonchev–Trinajstić information content (AvgIpc) is 3.14. The molecule has 2 aromatic heterocycles. The molecule has 0 aliphatic heterocycles. The fourth-order valence-corrected chi connectivity index (χ4v) is 4.47. The van der Waals surface area contributed by atoms with E-state index in [4.69, 9.17) is 4.52 Å². The summed E-state index contributed by atoms with van der Waals surface area (Å²) >= 11 is 1.84. The number of nitrogens with zero attached hydrogens (tertiary/aromatic N) is 2. The predicted octanol–water partition coefficient (Wildman–Crippen LogP) is 3.91. The molecule has 1 saturated carbocycles. The molecule has 2 heterocycles. The highest BCUT2D eigenvalue weighted by Gasteiger charge is 2.17. The van der Waals surface area contributed by atoms with Crippen LogP contribution in [-0.2, 0) is 24.1 Å². The molecule has 2 aromatic rings.